The fraction of sp³-hybridized carbons (Fsp3) is 0.150. The Kier molecular flexibility index (Phi) is 6.20. The number of hydrogen-bond donors (Lipinski definition) is 0. The van der Waals surface area contributed by atoms with Gasteiger partial charge in [-0.1, -0.05) is 18.2 Å². The number of carbonyl (C=O) groups is 1. The largest absolute Gasteiger partial charge is 0.573 e. The second-order valence-electron chi connectivity index (χ2n) is 5.80. The summed E-state index contributed by atoms with van der Waals surface area (Å²) in [5.41, 5.74) is 0.581. The summed E-state index contributed by atoms with van der Waals surface area (Å²) >= 11 is 1.55. The molecule has 0 spiro atoms. The zero-order valence-corrected chi connectivity index (χ0v) is 15.4. The van der Waals surface area contributed by atoms with Gasteiger partial charge in [0.05, 0.1) is 19.4 Å². The number of carbonyl (C=O) groups excluding carboxylic acids is 1. The Bertz CT molecular complexity index is 865. The third-order valence-electron chi connectivity index (χ3n) is 3.70. The van der Waals surface area contributed by atoms with E-state index in [9.17, 15) is 18.0 Å². The Morgan fingerprint density at radius 3 is 2.50 bits per heavy atom. The maximum absolute atomic E-state index is 12.7. The molecule has 0 fully saturated rings. The highest BCUT2D eigenvalue weighted by Gasteiger charge is 2.30. The normalized spacial score (nSPS) is 11.7. The van der Waals surface area contributed by atoms with Crippen LogP contribution in [-0.4, -0.2) is 17.2 Å². The molecule has 146 valence electrons. The second-order valence-corrected chi connectivity index (χ2v) is 6.84. The minimum Gasteiger partial charge on any atom is -0.467 e. The van der Waals surface area contributed by atoms with Crippen LogP contribution < -0.4 is 4.74 Å². The highest BCUT2D eigenvalue weighted by atomic mass is 32.1. The van der Waals surface area contributed by atoms with Crippen LogP contribution in [-0.2, 0) is 17.9 Å². The molecule has 4 nitrogen and oxygen atoms in total. The van der Waals surface area contributed by atoms with Gasteiger partial charge in [-0.3, -0.25) is 4.79 Å². The smallest absolute Gasteiger partial charge is 0.467 e. The molecule has 0 aliphatic rings. The lowest BCUT2D eigenvalue weighted by atomic mass is 10.2. The molecular formula is C20H16F3NO3S. The predicted octanol–water partition coefficient (Wildman–Crippen LogP) is 5.48. The highest BCUT2D eigenvalue weighted by Crippen LogP contribution is 2.23. The maximum atomic E-state index is 12.7. The van der Waals surface area contributed by atoms with Crippen molar-refractivity contribution in [1.29, 1.82) is 0 Å². The third-order valence-corrected chi connectivity index (χ3v) is 4.56. The number of furan rings is 1. The van der Waals surface area contributed by atoms with Crippen LogP contribution in [0.3, 0.4) is 0 Å². The molecular weight excluding hydrogens is 391 g/mol. The lowest BCUT2D eigenvalue weighted by Crippen LogP contribution is -2.27. The van der Waals surface area contributed by atoms with E-state index in [1.54, 1.807) is 40.7 Å². The number of alkyl halides is 3. The third kappa shape index (κ3) is 6.02. The van der Waals surface area contributed by atoms with Crippen molar-refractivity contribution in [2.45, 2.75) is 19.5 Å². The Labute approximate surface area is 163 Å². The predicted molar refractivity (Wildman–Crippen MR) is 99.4 cm³/mol. The monoisotopic (exact) mass is 407 g/mol. The van der Waals surface area contributed by atoms with Crippen molar-refractivity contribution in [2.75, 3.05) is 0 Å². The van der Waals surface area contributed by atoms with Crippen LogP contribution in [0.1, 0.15) is 16.2 Å². The molecule has 3 rings (SSSR count). The van der Waals surface area contributed by atoms with E-state index in [0.29, 0.717) is 24.4 Å². The minimum atomic E-state index is -4.73. The van der Waals surface area contributed by atoms with Gasteiger partial charge in [0.25, 0.3) is 0 Å². The Morgan fingerprint density at radius 1 is 1.11 bits per heavy atom. The molecule has 0 radical (unpaired) electrons. The van der Waals surface area contributed by atoms with E-state index in [2.05, 4.69) is 4.74 Å². The van der Waals surface area contributed by atoms with Crippen molar-refractivity contribution in [2.24, 2.45) is 0 Å². The van der Waals surface area contributed by atoms with E-state index in [4.69, 9.17) is 4.42 Å². The maximum Gasteiger partial charge on any atom is 0.573 e. The molecule has 2 aromatic heterocycles. The summed E-state index contributed by atoms with van der Waals surface area (Å²) in [5.74, 6) is 0.112. The van der Waals surface area contributed by atoms with Gasteiger partial charge in [0.2, 0.25) is 5.91 Å². The average Bonchev–Trinajstić information content (AvgIpc) is 3.33. The van der Waals surface area contributed by atoms with E-state index in [-0.39, 0.29) is 11.7 Å². The molecule has 0 unspecified atom stereocenters. The van der Waals surface area contributed by atoms with E-state index >= 15 is 0 Å². The van der Waals surface area contributed by atoms with E-state index in [0.717, 1.165) is 4.88 Å². The van der Waals surface area contributed by atoms with Crippen molar-refractivity contribution >= 4 is 23.3 Å². The Balaban J connectivity index is 1.68. The van der Waals surface area contributed by atoms with Gasteiger partial charge < -0.3 is 14.1 Å². The molecule has 28 heavy (non-hydrogen) atoms. The first-order chi connectivity index (χ1) is 13.4. The molecule has 0 atom stereocenters. The average molecular weight is 407 g/mol. The van der Waals surface area contributed by atoms with E-state index < -0.39 is 6.36 Å². The molecule has 0 N–H and O–H groups in total. The first-order valence-electron chi connectivity index (χ1n) is 8.26. The summed E-state index contributed by atoms with van der Waals surface area (Å²) in [4.78, 5) is 15.3. The van der Waals surface area contributed by atoms with Crippen molar-refractivity contribution in [3.8, 4) is 5.75 Å². The van der Waals surface area contributed by atoms with Gasteiger partial charge in [-0.15, -0.1) is 24.5 Å². The first kappa shape index (κ1) is 19.8. The molecule has 0 bridgehead atoms. The van der Waals surface area contributed by atoms with Crippen molar-refractivity contribution in [1.82, 2.24) is 4.90 Å². The molecule has 0 saturated heterocycles. The van der Waals surface area contributed by atoms with Crippen molar-refractivity contribution in [3.05, 3.63) is 82.5 Å². The van der Waals surface area contributed by atoms with Gasteiger partial charge in [-0.05, 0) is 47.4 Å². The number of halogens is 3. The van der Waals surface area contributed by atoms with E-state index in [1.807, 2.05) is 17.5 Å². The van der Waals surface area contributed by atoms with Gasteiger partial charge >= 0.3 is 6.36 Å². The topological polar surface area (TPSA) is 42.7 Å². The summed E-state index contributed by atoms with van der Waals surface area (Å²) in [7, 11) is 0. The number of benzene rings is 1. The second kappa shape index (κ2) is 8.79. The molecule has 1 aromatic carbocycles. The summed E-state index contributed by atoms with van der Waals surface area (Å²) in [5, 5.41) is 1.94. The van der Waals surface area contributed by atoms with Gasteiger partial charge in [0.1, 0.15) is 11.5 Å². The van der Waals surface area contributed by atoms with Crippen molar-refractivity contribution in [3.63, 3.8) is 0 Å². The molecule has 0 aliphatic heterocycles. The lowest BCUT2D eigenvalue weighted by molar-refractivity contribution is -0.274. The SMILES string of the molecule is O=C(/C=C/c1ccc(OC(F)(F)F)cc1)N(Cc1ccco1)Cc1cccs1. The number of amides is 1. The Morgan fingerprint density at radius 2 is 1.89 bits per heavy atom. The zero-order chi connectivity index (χ0) is 20.0. The highest BCUT2D eigenvalue weighted by molar-refractivity contribution is 7.09. The molecule has 2 heterocycles. The number of thiophene rings is 1. The molecule has 3 aromatic rings. The molecule has 0 aliphatic carbocycles. The minimum absolute atomic E-state index is 0.236. The summed E-state index contributed by atoms with van der Waals surface area (Å²) in [6, 6.07) is 12.7. The van der Waals surface area contributed by atoms with Crippen molar-refractivity contribution < 1.29 is 27.1 Å². The quantitative estimate of drug-likeness (QED) is 0.487. The fourth-order valence-corrected chi connectivity index (χ4v) is 3.17. The van der Waals surface area contributed by atoms with Crippen LogP contribution >= 0.6 is 11.3 Å². The molecule has 8 heteroatoms. The summed E-state index contributed by atoms with van der Waals surface area (Å²) in [6.07, 6.45) is -0.259. The lowest BCUT2D eigenvalue weighted by Gasteiger charge is -2.19. The Hall–Kier alpha value is -3.00. The standard InChI is InChI=1S/C20H16F3NO3S/c21-20(22,23)27-16-8-5-15(6-9-16)7-10-19(25)24(13-17-3-1-11-26-17)14-18-4-2-12-28-18/h1-12H,13-14H2/b10-7+. The fourth-order valence-electron chi connectivity index (χ4n) is 2.45. The van der Waals surface area contributed by atoms with Gasteiger partial charge in [0.15, 0.2) is 0 Å². The van der Waals surface area contributed by atoms with Crippen LogP contribution in [0.15, 0.2) is 70.7 Å². The zero-order valence-electron chi connectivity index (χ0n) is 14.6. The van der Waals surface area contributed by atoms with Crippen LogP contribution in [0.4, 0.5) is 13.2 Å². The van der Waals surface area contributed by atoms with Gasteiger partial charge in [-0.25, -0.2) is 0 Å². The van der Waals surface area contributed by atoms with Crippen LogP contribution in [0.2, 0.25) is 0 Å². The van der Waals surface area contributed by atoms with Crippen LogP contribution in [0, 0.1) is 0 Å². The van der Waals surface area contributed by atoms with Gasteiger partial charge in [0, 0.05) is 11.0 Å². The van der Waals surface area contributed by atoms with E-state index in [1.165, 1.54) is 30.3 Å². The number of rotatable bonds is 7. The summed E-state index contributed by atoms with van der Waals surface area (Å²) < 4.78 is 45.8. The van der Waals surface area contributed by atoms with Gasteiger partial charge in [-0.2, -0.15) is 0 Å². The molecule has 1 amide bonds. The number of ether oxygens (including phenoxy) is 1. The number of nitrogens with zero attached hydrogens (tertiary/aromatic N) is 1. The number of hydrogen-bond acceptors (Lipinski definition) is 4. The molecule has 0 saturated carbocycles. The summed E-state index contributed by atoms with van der Waals surface area (Å²) in [6.45, 7) is 0.742. The van der Waals surface area contributed by atoms with Crippen LogP contribution in [0.25, 0.3) is 6.08 Å². The first-order valence-corrected chi connectivity index (χ1v) is 9.14. The van der Waals surface area contributed by atoms with Crippen LogP contribution in [0.5, 0.6) is 5.75 Å².